The van der Waals surface area contributed by atoms with Crippen LogP contribution in [0, 0.1) is 12.3 Å². The topological polar surface area (TPSA) is 12.0 Å². The van der Waals surface area contributed by atoms with Gasteiger partial charge in [0.25, 0.3) is 0 Å². The second kappa shape index (κ2) is 10.3. The fourth-order valence-corrected chi connectivity index (χ4v) is 4.66. The number of terminal acetylenes is 1. The summed E-state index contributed by atoms with van der Waals surface area (Å²) < 4.78 is 16.2. The molecule has 2 aromatic rings. The molecule has 160 valence electrons. The standard InChI is InChI=1S/C28H36FN/c1-5-21-11-13-26(14-12-21)28(29,17-18-30-4)16-15-25-19-23(7-3)27(20-22(25)6-2)24-9-8-10-24/h1,11-14,19-20,24,30H,6-10,15-18H2,2-4H3. The monoisotopic (exact) mass is 405 g/mol. The highest BCUT2D eigenvalue weighted by Crippen LogP contribution is 2.40. The zero-order valence-corrected chi connectivity index (χ0v) is 18.9. The molecule has 2 heteroatoms. The summed E-state index contributed by atoms with van der Waals surface area (Å²) in [6, 6.07) is 12.2. The van der Waals surface area contributed by atoms with Gasteiger partial charge < -0.3 is 5.32 Å². The second-order valence-electron chi connectivity index (χ2n) is 8.70. The van der Waals surface area contributed by atoms with E-state index >= 15 is 4.39 Å². The van der Waals surface area contributed by atoms with Gasteiger partial charge in [0.1, 0.15) is 5.67 Å². The van der Waals surface area contributed by atoms with Crippen LogP contribution in [0.3, 0.4) is 0 Å². The zero-order valence-electron chi connectivity index (χ0n) is 18.9. The van der Waals surface area contributed by atoms with E-state index in [2.05, 4.69) is 37.2 Å². The first kappa shape index (κ1) is 22.6. The number of rotatable bonds is 10. The van der Waals surface area contributed by atoms with Crippen LogP contribution in [-0.4, -0.2) is 13.6 Å². The molecule has 0 aliphatic heterocycles. The molecule has 1 saturated carbocycles. The minimum absolute atomic E-state index is 0.459. The summed E-state index contributed by atoms with van der Waals surface area (Å²) in [7, 11) is 1.88. The molecule has 0 spiro atoms. The maximum atomic E-state index is 16.2. The lowest BCUT2D eigenvalue weighted by Crippen LogP contribution is -2.26. The predicted octanol–water partition coefficient (Wildman–Crippen LogP) is 6.47. The number of nitrogens with one attached hydrogen (secondary N) is 1. The van der Waals surface area contributed by atoms with E-state index in [-0.39, 0.29) is 0 Å². The third-order valence-corrected chi connectivity index (χ3v) is 6.90. The van der Waals surface area contributed by atoms with Crippen LogP contribution >= 0.6 is 0 Å². The number of alkyl halides is 1. The fourth-order valence-electron chi connectivity index (χ4n) is 4.66. The molecule has 1 fully saturated rings. The van der Waals surface area contributed by atoms with E-state index in [1.807, 2.05) is 31.3 Å². The predicted molar refractivity (Wildman–Crippen MR) is 126 cm³/mol. The van der Waals surface area contributed by atoms with Gasteiger partial charge in [0.15, 0.2) is 0 Å². The summed E-state index contributed by atoms with van der Waals surface area (Å²) in [5.74, 6) is 3.36. The van der Waals surface area contributed by atoms with Gasteiger partial charge in [0.05, 0.1) is 0 Å². The van der Waals surface area contributed by atoms with Gasteiger partial charge in [-0.2, -0.15) is 0 Å². The molecule has 1 aliphatic carbocycles. The lowest BCUT2D eigenvalue weighted by Gasteiger charge is -2.30. The lowest BCUT2D eigenvalue weighted by atomic mass is 9.76. The largest absolute Gasteiger partial charge is 0.320 e. The van der Waals surface area contributed by atoms with Crippen molar-refractivity contribution in [2.45, 2.75) is 76.8 Å². The van der Waals surface area contributed by atoms with Crippen LogP contribution in [0.4, 0.5) is 4.39 Å². The van der Waals surface area contributed by atoms with E-state index in [1.165, 1.54) is 36.0 Å². The van der Waals surface area contributed by atoms with Gasteiger partial charge >= 0.3 is 0 Å². The molecule has 30 heavy (non-hydrogen) atoms. The molecule has 0 aromatic heterocycles. The van der Waals surface area contributed by atoms with Crippen molar-refractivity contribution in [3.05, 3.63) is 69.8 Å². The number of benzene rings is 2. The van der Waals surface area contributed by atoms with Crippen molar-refractivity contribution in [1.82, 2.24) is 5.32 Å². The van der Waals surface area contributed by atoms with Gasteiger partial charge in [-0.15, -0.1) is 6.42 Å². The number of halogens is 1. The fraction of sp³-hybridized carbons (Fsp3) is 0.500. The molecule has 0 heterocycles. The average Bonchev–Trinajstić information content (AvgIpc) is 2.75. The van der Waals surface area contributed by atoms with Crippen LogP contribution in [0.1, 0.15) is 85.3 Å². The normalized spacial score (nSPS) is 16.0. The molecule has 1 N–H and O–H groups in total. The lowest BCUT2D eigenvalue weighted by molar-refractivity contribution is 0.137. The molecule has 1 unspecified atom stereocenters. The SMILES string of the molecule is C#Cc1ccc(C(F)(CCNC)CCc2cc(CC)c(C3CCC3)cc2CC)cc1. The Labute approximate surface area is 182 Å². The molecule has 3 rings (SSSR count). The molecule has 0 radical (unpaired) electrons. The Morgan fingerprint density at radius 1 is 1.03 bits per heavy atom. The summed E-state index contributed by atoms with van der Waals surface area (Å²) in [4.78, 5) is 0. The molecule has 1 aliphatic rings. The van der Waals surface area contributed by atoms with Crippen molar-refractivity contribution in [3.63, 3.8) is 0 Å². The van der Waals surface area contributed by atoms with Crippen LogP contribution < -0.4 is 5.32 Å². The Kier molecular flexibility index (Phi) is 7.73. The molecule has 0 saturated heterocycles. The number of aryl methyl sites for hydroxylation is 3. The summed E-state index contributed by atoms with van der Waals surface area (Å²) in [5.41, 5.74) is 5.90. The Morgan fingerprint density at radius 2 is 1.73 bits per heavy atom. The van der Waals surface area contributed by atoms with Crippen LogP contribution in [-0.2, 0) is 24.9 Å². The van der Waals surface area contributed by atoms with E-state index in [0.717, 1.165) is 36.3 Å². The summed E-state index contributed by atoms with van der Waals surface area (Å²) in [5, 5.41) is 3.12. The van der Waals surface area contributed by atoms with Gasteiger partial charge in [-0.3, -0.25) is 0 Å². The van der Waals surface area contributed by atoms with Gasteiger partial charge in [-0.05, 0) is 104 Å². The van der Waals surface area contributed by atoms with E-state index in [9.17, 15) is 0 Å². The van der Waals surface area contributed by atoms with Crippen molar-refractivity contribution in [2.24, 2.45) is 0 Å². The van der Waals surface area contributed by atoms with E-state index in [4.69, 9.17) is 6.42 Å². The van der Waals surface area contributed by atoms with Crippen LogP contribution in [0.25, 0.3) is 0 Å². The maximum absolute atomic E-state index is 16.2. The van der Waals surface area contributed by atoms with Crippen molar-refractivity contribution < 1.29 is 4.39 Å². The molecular weight excluding hydrogens is 369 g/mol. The van der Waals surface area contributed by atoms with Crippen molar-refractivity contribution in [1.29, 1.82) is 0 Å². The minimum Gasteiger partial charge on any atom is -0.320 e. The quantitative estimate of drug-likeness (QED) is 0.447. The van der Waals surface area contributed by atoms with Crippen molar-refractivity contribution >= 4 is 0 Å². The highest BCUT2D eigenvalue weighted by molar-refractivity contribution is 5.42. The third-order valence-electron chi connectivity index (χ3n) is 6.90. The molecule has 0 amide bonds. The summed E-state index contributed by atoms with van der Waals surface area (Å²) >= 11 is 0. The highest BCUT2D eigenvalue weighted by Gasteiger charge is 2.31. The van der Waals surface area contributed by atoms with Crippen LogP contribution in [0.15, 0.2) is 36.4 Å². The smallest absolute Gasteiger partial charge is 0.137 e. The first-order chi connectivity index (χ1) is 14.5. The third kappa shape index (κ3) is 4.96. The van der Waals surface area contributed by atoms with E-state index in [0.29, 0.717) is 19.4 Å². The van der Waals surface area contributed by atoms with Crippen molar-refractivity contribution in [3.8, 4) is 12.3 Å². The molecule has 1 atom stereocenters. The van der Waals surface area contributed by atoms with Crippen molar-refractivity contribution in [2.75, 3.05) is 13.6 Å². The van der Waals surface area contributed by atoms with Gasteiger partial charge in [-0.1, -0.05) is 50.5 Å². The van der Waals surface area contributed by atoms with E-state index < -0.39 is 5.67 Å². The Morgan fingerprint density at radius 3 is 2.27 bits per heavy atom. The van der Waals surface area contributed by atoms with Crippen LogP contribution in [0.2, 0.25) is 0 Å². The molecule has 2 aromatic carbocycles. The number of hydrogen-bond acceptors (Lipinski definition) is 1. The van der Waals surface area contributed by atoms with Crippen LogP contribution in [0.5, 0.6) is 0 Å². The van der Waals surface area contributed by atoms with E-state index in [1.54, 1.807) is 5.56 Å². The Hall–Kier alpha value is -2.11. The zero-order chi connectivity index (χ0) is 21.6. The second-order valence-corrected chi connectivity index (χ2v) is 8.70. The van der Waals surface area contributed by atoms with Gasteiger partial charge in [0, 0.05) is 5.56 Å². The molecule has 1 nitrogen and oxygen atoms in total. The van der Waals surface area contributed by atoms with Gasteiger partial charge in [-0.25, -0.2) is 4.39 Å². The Bertz CT molecular complexity index is 873. The summed E-state index contributed by atoms with van der Waals surface area (Å²) in [6.45, 7) is 5.11. The minimum atomic E-state index is -1.36. The summed E-state index contributed by atoms with van der Waals surface area (Å²) in [6.07, 6.45) is 13.2. The average molecular weight is 406 g/mol. The highest BCUT2D eigenvalue weighted by atomic mass is 19.1. The van der Waals surface area contributed by atoms with Gasteiger partial charge in [0.2, 0.25) is 0 Å². The molecule has 0 bridgehead atoms. The first-order valence-electron chi connectivity index (χ1n) is 11.6. The number of hydrogen-bond donors (Lipinski definition) is 1. The first-order valence-corrected chi connectivity index (χ1v) is 11.6. The molecular formula is C28H36FN. The maximum Gasteiger partial charge on any atom is 0.137 e. The Balaban J connectivity index is 1.86.